The summed E-state index contributed by atoms with van der Waals surface area (Å²) in [5, 5.41) is 4.31. The summed E-state index contributed by atoms with van der Waals surface area (Å²) in [6.07, 6.45) is 2.31. The second-order valence-corrected chi connectivity index (χ2v) is 6.48. The second-order valence-electron chi connectivity index (χ2n) is 6.48. The Morgan fingerprint density at radius 1 is 1.08 bits per heavy atom. The zero-order valence-corrected chi connectivity index (χ0v) is 14.2. The van der Waals surface area contributed by atoms with E-state index in [0.717, 1.165) is 28.6 Å². The van der Waals surface area contributed by atoms with E-state index in [1.54, 1.807) is 0 Å². The lowest BCUT2D eigenvalue weighted by atomic mass is 10.1. The minimum absolute atomic E-state index is 0.0221. The van der Waals surface area contributed by atoms with E-state index in [1.807, 2.05) is 48.7 Å². The number of hydrogen-bond acceptors (Lipinski definition) is 1. The van der Waals surface area contributed by atoms with Gasteiger partial charge in [0.05, 0.1) is 20.5 Å². The van der Waals surface area contributed by atoms with Gasteiger partial charge in [-0.2, -0.15) is 0 Å². The molecule has 0 spiro atoms. The second kappa shape index (κ2) is 7.32. The summed E-state index contributed by atoms with van der Waals surface area (Å²) in [5.74, 6) is 0.0508. The minimum Gasteiger partial charge on any atom is -0.361 e. The molecule has 0 bridgehead atoms. The number of hydrogen-bond donors (Lipinski definition) is 3. The fraction of sp³-hybridized carbons (Fsp3) is 0.250. The number of quaternary nitrogens is 1. The summed E-state index contributed by atoms with van der Waals surface area (Å²) in [4.78, 5) is 17.1. The molecule has 0 fully saturated rings. The largest absolute Gasteiger partial charge is 0.361 e. The molecule has 0 aliphatic rings. The van der Waals surface area contributed by atoms with E-state index in [0.29, 0.717) is 6.42 Å². The van der Waals surface area contributed by atoms with Crippen LogP contribution in [0.1, 0.15) is 17.2 Å². The normalized spacial score (nSPS) is 12.5. The Morgan fingerprint density at radius 2 is 1.79 bits per heavy atom. The van der Waals surface area contributed by atoms with Crippen LogP contribution in [0.5, 0.6) is 0 Å². The molecule has 24 heavy (non-hydrogen) atoms. The van der Waals surface area contributed by atoms with Gasteiger partial charge in [-0.05, 0) is 17.2 Å². The maximum Gasteiger partial charge on any atom is 0.225 e. The van der Waals surface area contributed by atoms with Crippen molar-refractivity contribution in [1.29, 1.82) is 0 Å². The molecule has 1 heterocycles. The average molecular weight is 322 g/mol. The van der Waals surface area contributed by atoms with E-state index >= 15 is 0 Å². The van der Waals surface area contributed by atoms with Crippen LogP contribution in [-0.2, 0) is 11.2 Å². The third-order valence-corrected chi connectivity index (χ3v) is 4.18. The molecular weight excluding hydrogens is 298 g/mol. The highest BCUT2D eigenvalue weighted by molar-refractivity contribution is 5.88. The van der Waals surface area contributed by atoms with Crippen molar-refractivity contribution in [2.24, 2.45) is 0 Å². The van der Waals surface area contributed by atoms with Gasteiger partial charge in [0.15, 0.2) is 0 Å². The van der Waals surface area contributed by atoms with Gasteiger partial charge in [0.25, 0.3) is 0 Å². The van der Waals surface area contributed by atoms with Crippen LogP contribution < -0.4 is 10.2 Å². The molecule has 2 aromatic carbocycles. The zero-order valence-electron chi connectivity index (χ0n) is 14.2. The Morgan fingerprint density at radius 3 is 2.54 bits per heavy atom. The van der Waals surface area contributed by atoms with Crippen LogP contribution in [0.2, 0.25) is 0 Å². The highest BCUT2D eigenvalue weighted by atomic mass is 16.1. The number of para-hydroxylation sites is 1. The molecule has 0 saturated carbocycles. The van der Waals surface area contributed by atoms with Gasteiger partial charge >= 0.3 is 0 Å². The minimum atomic E-state index is 0.0221. The number of carbonyl (C=O) groups is 1. The molecule has 1 atom stereocenters. The van der Waals surface area contributed by atoms with Crippen molar-refractivity contribution in [2.45, 2.75) is 12.5 Å². The molecule has 4 nitrogen and oxygen atoms in total. The molecular formula is C20H24N3O+. The van der Waals surface area contributed by atoms with Crippen LogP contribution in [0.4, 0.5) is 0 Å². The van der Waals surface area contributed by atoms with Crippen molar-refractivity contribution in [3.05, 3.63) is 71.9 Å². The van der Waals surface area contributed by atoms with E-state index < -0.39 is 0 Å². The van der Waals surface area contributed by atoms with Crippen LogP contribution >= 0.6 is 0 Å². The number of carbonyl (C=O) groups excluding carboxylic acids is 1. The van der Waals surface area contributed by atoms with Gasteiger partial charge in [-0.1, -0.05) is 48.5 Å². The lowest BCUT2D eigenvalue weighted by molar-refractivity contribution is -0.860. The number of H-pyrrole nitrogens is 1. The molecule has 0 saturated heterocycles. The Balaban J connectivity index is 1.73. The SMILES string of the molecule is C[NH+](C)C[C@@H](NC(=O)Cc1c[nH]c2ccccc12)c1ccccc1. The topological polar surface area (TPSA) is 49.3 Å². The standard InChI is InChI=1S/C20H23N3O/c1-23(2)14-19(15-8-4-3-5-9-15)22-20(24)12-16-13-21-18-11-7-6-10-17(16)18/h3-11,13,19,21H,12,14H2,1-2H3,(H,22,24)/p+1/t19-/m1/s1. The molecule has 0 radical (unpaired) electrons. The van der Waals surface area contributed by atoms with Gasteiger partial charge in [-0.15, -0.1) is 0 Å². The summed E-state index contributed by atoms with van der Waals surface area (Å²) in [6, 6.07) is 18.3. The van der Waals surface area contributed by atoms with Crippen LogP contribution in [0.25, 0.3) is 10.9 Å². The van der Waals surface area contributed by atoms with Gasteiger partial charge in [-0.3, -0.25) is 4.79 Å². The van der Waals surface area contributed by atoms with E-state index in [1.165, 1.54) is 4.90 Å². The summed E-state index contributed by atoms with van der Waals surface area (Å²) < 4.78 is 0. The summed E-state index contributed by atoms with van der Waals surface area (Å²) >= 11 is 0. The maximum absolute atomic E-state index is 12.6. The molecule has 3 N–H and O–H groups in total. The highest BCUT2D eigenvalue weighted by Gasteiger charge is 2.18. The van der Waals surface area contributed by atoms with Crippen LogP contribution in [0.15, 0.2) is 60.8 Å². The molecule has 4 heteroatoms. The van der Waals surface area contributed by atoms with Crippen LogP contribution in [0, 0.1) is 0 Å². The number of benzene rings is 2. The number of amides is 1. The average Bonchev–Trinajstić information content (AvgIpc) is 2.98. The quantitative estimate of drug-likeness (QED) is 0.636. The van der Waals surface area contributed by atoms with Crippen LogP contribution in [0.3, 0.4) is 0 Å². The Hall–Kier alpha value is -2.59. The molecule has 3 aromatic rings. The first-order valence-corrected chi connectivity index (χ1v) is 8.32. The monoisotopic (exact) mass is 322 g/mol. The Labute approximate surface area is 142 Å². The fourth-order valence-electron chi connectivity index (χ4n) is 3.04. The molecule has 1 aromatic heterocycles. The van der Waals surface area contributed by atoms with Gasteiger partial charge in [0, 0.05) is 17.1 Å². The first kappa shape index (κ1) is 16.3. The Kier molecular flexibility index (Phi) is 4.96. The Bertz CT molecular complexity index is 808. The summed E-state index contributed by atoms with van der Waals surface area (Å²) in [5.41, 5.74) is 3.25. The number of nitrogens with one attached hydrogen (secondary N) is 3. The fourth-order valence-corrected chi connectivity index (χ4v) is 3.04. The molecule has 0 unspecified atom stereocenters. The van der Waals surface area contributed by atoms with E-state index in [2.05, 4.69) is 36.5 Å². The van der Waals surface area contributed by atoms with Crippen molar-refractivity contribution < 1.29 is 9.69 Å². The highest BCUT2D eigenvalue weighted by Crippen LogP contribution is 2.18. The van der Waals surface area contributed by atoms with Crippen molar-refractivity contribution in [2.75, 3.05) is 20.6 Å². The van der Waals surface area contributed by atoms with Crippen molar-refractivity contribution in [3.8, 4) is 0 Å². The lowest BCUT2D eigenvalue weighted by Gasteiger charge is -2.20. The third-order valence-electron chi connectivity index (χ3n) is 4.18. The number of fused-ring (bicyclic) bond motifs is 1. The first-order valence-electron chi connectivity index (χ1n) is 8.32. The summed E-state index contributed by atoms with van der Waals surface area (Å²) in [6.45, 7) is 0.851. The van der Waals surface area contributed by atoms with Gasteiger partial charge in [0.2, 0.25) is 5.91 Å². The smallest absolute Gasteiger partial charge is 0.225 e. The van der Waals surface area contributed by atoms with Crippen LogP contribution in [-0.4, -0.2) is 31.5 Å². The number of aromatic amines is 1. The van der Waals surface area contributed by atoms with Crippen molar-refractivity contribution >= 4 is 16.8 Å². The predicted octanol–water partition coefficient (Wildman–Crippen LogP) is 1.71. The number of rotatable bonds is 6. The molecule has 0 aliphatic heterocycles. The number of likely N-dealkylation sites (N-methyl/N-ethyl adjacent to an activating group) is 1. The molecule has 3 rings (SSSR count). The zero-order chi connectivity index (χ0) is 16.9. The van der Waals surface area contributed by atoms with E-state index in [-0.39, 0.29) is 11.9 Å². The van der Waals surface area contributed by atoms with Gasteiger partial charge in [-0.25, -0.2) is 0 Å². The number of aromatic nitrogens is 1. The lowest BCUT2D eigenvalue weighted by Crippen LogP contribution is -3.06. The molecule has 124 valence electrons. The van der Waals surface area contributed by atoms with E-state index in [4.69, 9.17) is 0 Å². The summed E-state index contributed by atoms with van der Waals surface area (Å²) in [7, 11) is 4.20. The first-order chi connectivity index (χ1) is 11.6. The molecule has 0 aliphatic carbocycles. The van der Waals surface area contributed by atoms with Gasteiger partial charge < -0.3 is 15.2 Å². The van der Waals surface area contributed by atoms with E-state index in [9.17, 15) is 4.79 Å². The maximum atomic E-state index is 12.6. The predicted molar refractivity (Wildman–Crippen MR) is 97.0 cm³/mol. The third kappa shape index (κ3) is 3.84. The van der Waals surface area contributed by atoms with Crippen molar-refractivity contribution in [3.63, 3.8) is 0 Å². The van der Waals surface area contributed by atoms with Gasteiger partial charge in [0.1, 0.15) is 12.6 Å². The van der Waals surface area contributed by atoms with Crippen molar-refractivity contribution in [1.82, 2.24) is 10.3 Å². The molecule has 1 amide bonds.